The van der Waals surface area contributed by atoms with Crippen molar-refractivity contribution in [2.75, 3.05) is 37.6 Å². The summed E-state index contributed by atoms with van der Waals surface area (Å²) in [5.41, 5.74) is 1.91. The number of carbonyl (C=O) groups excluding carboxylic acids is 1. The molecule has 2 aliphatic rings. The van der Waals surface area contributed by atoms with Crippen molar-refractivity contribution < 1.29 is 13.6 Å². The average Bonchev–Trinajstić information content (AvgIpc) is 3.33. The van der Waals surface area contributed by atoms with Gasteiger partial charge < -0.3 is 14.2 Å². The van der Waals surface area contributed by atoms with E-state index >= 15 is 0 Å². The number of hydrogen-bond donors (Lipinski definition) is 0. The van der Waals surface area contributed by atoms with E-state index < -0.39 is 0 Å². The summed E-state index contributed by atoms with van der Waals surface area (Å²) in [4.78, 5) is 28.4. The van der Waals surface area contributed by atoms with E-state index in [4.69, 9.17) is 4.42 Å². The summed E-state index contributed by atoms with van der Waals surface area (Å²) in [5, 5.41) is 0. The van der Waals surface area contributed by atoms with Crippen LogP contribution in [-0.4, -0.2) is 58.4 Å². The fourth-order valence-electron chi connectivity index (χ4n) is 4.73. The smallest absolute Gasteiger partial charge is 0.276 e. The van der Waals surface area contributed by atoms with Crippen molar-refractivity contribution in [3.05, 3.63) is 78.0 Å². The highest BCUT2D eigenvalue weighted by molar-refractivity contribution is 5.92. The van der Waals surface area contributed by atoms with Crippen LogP contribution >= 0.6 is 0 Å². The first-order valence-corrected chi connectivity index (χ1v) is 11.6. The number of para-hydroxylation sites is 1. The molecule has 1 atom stereocenters. The molecule has 0 saturated carbocycles. The third-order valence-corrected chi connectivity index (χ3v) is 6.49. The first-order valence-electron chi connectivity index (χ1n) is 11.6. The van der Waals surface area contributed by atoms with Gasteiger partial charge in [0.2, 0.25) is 5.89 Å². The first-order chi connectivity index (χ1) is 16.2. The molecular weight excluding hydrogens is 421 g/mol. The van der Waals surface area contributed by atoms with Crippen LogP contribution in [0.3, 0.4) is 0 Å². The predicted octanol–water partition coefficient (Wildman–Crippen LogP) is 3.90. The molecule has 0 radical (unpaired) electrons. The maximum atomic E-state index is 14.1. The SMILES string of the molecule is O=C(c1coc(CN2CCN(c3ccccc3F)CC2)n1)N1CCCCC1c1ccccn1. The lowest BCUT2D eigenvalue weighted by Gasteiger charge is -2.35. The molecule has 0 N–H and O–H groups in total. The van der Waals surface area contributed by atoms with Crippen LogP contribution in [0.1, 0.15) is 47.4 Å². The summed E-state index contributed by atoms with van der Waals surface area (Å²) in [6.45, 7) is 4.23. The van der Waals surface area contributed by atoms with Crippen LogP contribution in [0.2, 0.25) is 0 Å². The number of anilines is 1. The molecule has 1 unspecified atom stereocenters. The third kappa shape index (κ3) is 4.75. The van der Waals surface area contributed by atoms with E-state index in [9.17, 15) is 9.18 Å². The quantitative estimate of drug-likeness (QED) is 0.589. The molecule has 0 spiro atoms. The van der Waals surface area contributed by atoms with Crippen molar-refractivity contribution in [1.29, 1.82) is 0 Å². The van der Waals surface area contributed by atoms with Crippen molar-refractivity contribution in [2.24, 2.45) is 0 Å². The van der Waals surface area contributed by atoms with Crippen molar-refractivity contribution in [3.8, 4) is 0 Å². The lowest BCUT2D eigenvalue weighted by Crippen LogP contribution is -2.46. The normalized spacial score (nSPS) is 19.6. The highest BCUT2D eigenvalue weighted by Crippen LogP contribution is 2.31. The van der Waals surface area contributed by atoms with Crippen LogP contribution in [-0.2, 0) is 6.54 Å². The molecule has 2 fully saturated rings. The highest BCUT2D eigenvalue weighted by atomic mass is 19.1. The fourth-order valence-corrected chi connectivity index (χ4v) is 4.73. The zero-order chi connectivity index (χ0) is 22.6. The van der Waals surface area contributed by atoms with Crippen LogP contribution in [0.15, 0.2) is 59.3 Å². The Bertz CT molecular complexity index is 1080. The van der Waals surface area contributed by atoms with Gasteiger partial charge in [-0.15, -0.1) is 0 Å². The number of rotatable bonds is 5. The Morgan fingerprint density at radius 3 is 2.64 bits per heavy atom. The molecule has 4 heterocycles. The Labute approximate surface area is 192 Å². The molecule has 3 aromatic rings. The van der Waals surface area contributed by atoms with Gasteiger partial charge in [0.05, 0.1) is 24.0 Å². The molecule has 1 amide bonds. The first kappa shape index (κ1) is 21.6. The van der Waals surface area contributed by atoms with Crippen LogP contribution in [0, 0.1) is 5.82 Å². The number of oxazole rings is 1. The molecule has 1 aromatic carbocycles. The zero-order valence-corrected chi connectivity index (χ0v) is 18.6. The Morgan fingerprint density at radius 1 is 1.03 bits per heavy atom. The van der Waals surface area contributed by atoms with E-state index in [0.29, 0.717) is 30.4 Å². The Hall–Kier alpha value is -3.26. The summed E-state index contributed by atoms with van der Waals surface area (Å²) >= 11 is 0. The highest BCUT2D eigenvalue weighted by Gasteiger charge is 2.31. The molecule has 2 aromatic heterocycles. The molecule has 2 aliphatic heterocycles. The molecule has 0 aliphatic carbocycles. The number of piperidine rings is 1. The second-order valence-electron chi connectivity index (χ2n) is 8.61. The van der Waals surface area contributed by atoms with E-state index in [1.807, 2.05) is 35.2 Å². The lowest BCUT2D eigenvalue weighted by molar-refractivity contribution is 0.0600. The van der Waals surface area contributed by atoms with Gasteiger partial charge in [-0.1, -0.05) is 18.2 Å². The number of aromatic nitrogens is 2. The Morgan fingerprint density at radius 2 is 1.85 bits per heavy atom. The van der Waals surface area contributed by atoms with Gasteiger partial charge in [0.1, 0.15) is 12.1 Å². The van der Waals surface area contributed by atoms with Crippen molar-refractivity contribution in [1.82, 2.24) is 19.8 Å². The maximum Gasteiger partial charge on any atom is 0.276 e. The summed E-state index contributed by atoms with van der Waals surface area (Å²) < 4.78 is 19.7. The van der Waals surface area contributed by atoms with Gasteiger partial charge >= 0.3 is 0 Å². The largest absolute Gasteiger partial charge is 0.447 e. The molecule has 0 bridgehead atoms. The number of hydrogen-bond acceptors (Lipinski definition) is 6. The lowest BCUT2D eigenvalue weighted by atomic mass is 9.98. The minimum atomic E-state index is -0.191. The third-order valence-electron chi connectivity index (χ3n) is 6.49. The van der Waals surface area contributed by atoms with Gasteiger partial charge in [0.25, 0.3) is 5.91 Å². The fraction of sp³-hybridized carbons (Fsp3) is 0.400. The molecule has 33 heavy (non-hydrogen) atoms. The monoisotopic (exact) mass is 449 g/mol. The van der Waals surface area contributed by atoms with Crippen molar-refractivity contribution in [2.45, 2.75) is 31.8 Å². The number of benzene rings is 1. The summed E-state index contributed by atoms with van der Waals surface area (Å²) in [6, 6.07) is 12.7. The van der Waals surface area contributed by atoms with Crippen molar-refractivity contribution in [3.63, 3.8) is 0 Å². The number of carbonyl (C=O) groups is 1. The maximum absolute atomic E-state index is 14.1. The standard InChI is InChI=1S/C25H28FN5O2/c26-19-7-1-2-9-22(19)30-15-13-29(14-16-30)17-24-28-21(18-33-24)25(32)31-12-6-4-10-23(31)20-8-3-5-11-27-20/h1-3,5,7-9,11,18,23H,4,6,10,12-17H2. The van der Waals surface area contributed by atoms with Gasteiger partial charge in [0, 0.05) is 38.9 Å². The van der Waals surface area contributed by atoms with E-state index in [-0.39, 0.29) is 17.8 Å². The molecule has 7 nitrogen and oxygen atoms in total. The molecular formula is C25H28FN5O2. The zero-order valence-electron chi connectivity index (χ0n) is 18.6. The van der Waals surface area contributed by atoms with Gasteiger partial charge in [-0.3, -0.25) is 14.7 Å². The topological polar surface area (TPSA) is 65.7 Å². The van der Waals surface area contributed by atoms with Gasteiger partial charge in [-0.2, -0.15) is 0 Å². The Balaban J connectivity index is 1.21. The average molecular weight is 450 g/mol. The Kier molecular flexibility index (Phi) is 6.35. The van der Waals surface area contributed by atoms with E-state index in [0.717, 1.165) is 51.1 Å². The van der Waals surface area contributed by atoms with Crippen LogP contribution < -0.4 is 4.90 Å². The molecule has 172 valence electrons. The minimum absolute atomic E-state index is 0.0286. The van der Waals surface area contributed by atoms with Gasteiger partial charge in [-0.05, 0) is 43.5 Å². The summed E-state index contributed by atoms with van der Waals surface area (Å²) in [7, 11) is 0. The summed E-state index contributed by atoms with van der Waals surface area (Å²) in [6.07, 6.45) is 6.20. The summed E-state index contributed by atoms with van der Waals surface area (Å²) in [5.74, 6) is 0.234. The van der Waals surface area contributed by atoms with Crippen molar-refractivity contribution >= 4 is 11.6 Å². The second-order valence-corrected chi connectivity index (χ2v) is 8.61. The van der Waals surface area contributed by atoms with Crippen LogP contribution in [0.5, 0.6) is 0 Å². The number of amides is 1. The van der Waals surface area contributed by atoms with Crippen LogP contribution in [0.4, 0.5) is 10.1 Å². The number of likely N-dealkylation sites (tertiary alicyclic amines) is 1. The predicted molar refractivity (Wildman–Crippen MR) is 122 cm³/mol. The van der Waals surface area contributed by atoms with Crippen LogP contribution in [0.25, 0.3) is 0 Å². The van der Waals surface area contributed by atoms with E-state index in [1.54, 1.807) is 12.3 Å². The minimum Gasteiger partial charge on any atom is -0.447 e. The molecule has 2 saturated heterocycles. The van der Waals surface area contributed by atoms with E-state index in [1.165, 1.54) is 12.3 Å². The second kappa shape index (κ2) is 9.70. The number of piperazine rings is 1. The molecule has 5 rings (SSSR count). The van der Waals surface area contributed by atoms with Gasteiger partial charge in [-0.25, -0.2) is 9.37 Å². The number of halogens is 1. The van der Waals surface area contributed by atoms with Gasteiger partial charge in [0.15, 0.2) is 5.69 Å². The van der Waals surface area contributed by atoms with E-state index in [2.05, 4.69) is 19.8 Å². The molecule has 8 heteroatoms. The number of nitrogens with zero attached hydrogens (tertiary/aromatic N) is 5. The number of pyridine rings is 1.